The van der Waals surface area contributed by atoms with E-state index < -0.39 is 0 Å². The first-order valence-corrected chi connectivity index (χ1v) is 9.21. The van der Waals surface area contributed by atoms with Gasteiger partial charge in [0.1, 0.15) is 5.75 Å². The molecule has 6 nitrogen and oxygen atoms in total. The number of fused-ring (bicyclic) bond motifs is 1. The van der Waals surface area contributed by atoms with Crippen molar-refractivity contribution in [3.8, 4) is 11.4 Å². The normalized spacial score (nSPS) is 11.2. The summed E-state index contributed by atoms with van der Waals surface area (Å²) in [6, 6.07) is 15.2. The summed E-state index contributed by atoms with van der Waals surface area (Å²) in [5.41, 5.74) is 2.38. The number of pyridine rings is 1. The zero-order chi connectivity index (χ0) is 19.8. The molecule has 0 spiro atoms. The summed E-state index contributed by atoms with van der Waals surface area (Å²) in [6.07, 6.45) is 0.613. The average Bonchev–Trinajstić information content (AvgIpc) is 3.00. The first kappa shape index (κ1) is 18.1. The van der Waals surface area contributed by atoms with Crippen LogP contribution >= 0.6 is 11.6 Å². The van der Waals surface area contributed by atoms with Crippen LogP contribution in [-0.4, -0.2) is 19.5 Å². The molecule has 142 valence electrons. The third-order valence-corrected chi connectivity index (χ3v) is 5.12. The largest absolute Gasteiger partial charge is 0.508 e. The number of aromatic hydroxyl groups is 1. The van der Waals surface area contributed by atoms with Crippen molar-refractivity contribution in [3.05, 3.63) is 91.6 Å². The van der Waals surface area contributed by atoms with Crippen molar-refractivity contribution in [2.75, 3.05) is 0 Å². The summed E-state index contributed by atoms with van der Waals surface area (Å²) in [5.74, 6) is 0.202. The van der Waals surface area contributed by atoms with Gasteiger partial charge in [-0.2, -0.15) is 0 Å². The molecule has 2 aromatic carbocycles. The van der Waals surface area contributed by atoms with Crippen LogP contribution in [0.1, 0.15) is 11.3 Å². The zero-order valence-corrected chi connectivity index (χ0v) is 15.9. The number of aromatic nitrogens is 3. The number of nitrogens with zero attached hydrogens (tertiary/aromatic N) is 2. The lowest BCUT2D eigenvalue weighted by Crippen LogP contribution is -2.24. The molecule has 28 heavy (non-hydrogen) atoms. The first-order chi connectivity index (χ1) is 13.4. The Morgan fingerprint density at radius 2 is 1.71 bits per heavy atom. The number of hydrogen-bond acceptors (Lipinski definition) is 3. The van der Waals surface area contributed by atoms with E-state index in [4.69, 9.17) is 11.6 Å². The highest BCUT2D eigenvalue weighted by Crippen LogP contribution is 2.16. The molecule has 0 saturated carbocycles. The molecule has 0 bridgehead atoms. The van der Waals surface area contributed by atoms with E-state index in [0.29, 0.717) is 40.3 Å². The molecule has 0 atom stereocenters. The van der Waals surface area contributed by atoms with Gasteiger partial charge in [-0.3, -0.25) is 14.7 Å². The highest BCUT2D eigenvalue weighted by Gasteiger charge is 2.15. The van der Waals surface area contributed by atoms with Gasteiger partial charge in [0.25, 0.3) is 11.1 Å². The van der Waals surface area contributed by atoms with E-state index in [1.807, 2.05) is 12.1 Å². The van der Waals surface area contributed by atoms with Crippen LogP contribution in [0.5, 0.6) is 5.75 Å². The van der Waals surface area contributed by atoms with Crippen LogP contribution in [0.3, 0.4) is 0 Å². The highest BCUT2D eigenvalue weighted by atomic mass is 35.5. The van der Waals surface area contributed by atoms with Gasteiger partial charge in [-0.05, 0) is 55.3 Å². The molecule has 0 radical (unpaired) electrons. The number of nitrogens with one attached hydrogen (secondary N) is 1. The Hall–Kier alpha value is -3.25. The van der Waals surface area contributed by atoms with E-state index in [9.17, 15) is 14.7 Å². The summed E-state index contributed by atoms with van der Waals surface area (Å²) in [7, 11) is 0. The number of halogens is 1. The molecule has 2 N–H and O–H groups in total. The number of benzene rings is 2. The minimum absolute atomic E-state index is 0.173. The van der Waals surface area contributed by atoms with Gasteiger partial charge in [-0.15, -0.1) is 0 Å². The van der Waals surface area contributed by atoms with Gasteiger partial charge in [-0.1, -0.05) is 23.7 Å². The second-order valence-corrected chi connectivity index (χ2v) is 7.09. The lowest BCUT2D eigenvalue weighted by molar-refractivity contribution is 0.475. The number of aryl methyl sites for hydroxylation is 2. The van der Waals surface area contributed by atoms with Gasteiger partial charge < -0.3 is 9.67 Å². The van der Waals surface area contributed by atoms with Crippen LogP contribution in [0.25, 0.3) is 16.6 Å². The summed E-state index contributed by atoms with van der Waals surface area (Å²) in [6.45, 7) is 2.22. The third kappa shape index (κ3) is 3.23. The number of aromatic amines is 1. The van der Waals surface area contributed by atoms with Crippen LogP contribution in [0.2, 0.25) is 5.02 Å². The molecule has 7 heteroatoms. The standard InChI is InChI=1S/C21H18ClN3O3/c1-13-20-18(23-25(21(20)28)16-6-4-15(22)5-7-16)12-19(27)24(13)11-10-14-2-8-17(26)9-3-14/h2-9,12,23,26H,10-11H2,1H3. The molecular formula is C21H18ClN3O3. The van der Waals surface area contributed by atoms with Crippen molar-refractivity contribution in [1.29, 1.82) is 0 Å². The smallest absolute Gasteiger partial charge is 0.280 e. The van der Waals surface area contributed by atoms with Crippen molar-refractivity contribution < 1.29 is 5.11 Å². The molecular weight excluding hydrogens is 378 g/mol. The fraction of sp³-hybridized carbons (Fsp3) is 0.143. The number of hydrogen-bond donors (Lipinski definition) is 2. The van der Waals surface area contributed by atoms with Gasteiger partial charge in [0.2, 0.25) is 0 Å². The predicted molar refractivity (Wildman–Crippen MR) is 110 cm³/mol. The van der Waals surface area contributed by atoms with Crippen LogP contribution in [0, 0.1) is 6.92 Å². The quantitative estimate of drug-likeness (QED) is 0.555. The molecule has 0 saturated heterocycles. The van der Waals surface area contributed by atoms with Gasteiger partial charge in [0.05, 0.1) is 16.6 Å². The lowest BCUT2D eigenvalue weighted by Gasteiger charge is -2.10. The average molecular weight is 396 g/mol. The minimum Gasteiger partial charge on any atom is -0.508 e. The van der Waals surface area contributed by atoms with Crippen molar-refractivity contribution in [3.63, 3.8) is 0 Å². The Kier molecular flexibility index (Phi) is 4.57. The molecule has 2 aromatic heterocycles. The first-order valence-electron chi connectivity index (χ1n) is 8.83. The molecule has 0 aliphatic heterocycles. The predicted octanol–water partition coefficient (Wildman–Crippen LogP) is 3.39. The zero-order valence-electron chi connectivity index (χ0n) is 15.1. The van der Waals surface area contributed by atoms with Crippen LogP contribution in [0.15, 0.2) is 64.2 Å². The molecule has 0 aliphatic rings. The highest BCUT2D eigenvalue weighted by molar-refractivity contribution is 6.30. The maximum Gasteiger partial charge on any atom is 0.280 e. The van der Waals surface area contributed by atoms with Gasteiger partial charge in [0, 0.05) is 23.3 Å². The van der Waals surface area contributed by atoms with Crippen molar-refractivity contribution in [1.82, 2.24) is 14.3 Å². The van der Waals surface area contributed by atoms with E-state index in [0.717, 1.165) is 5.56 Å². The number of rotatable bonds is 4. The summed E-state index contributed by atoms with van der Waals surface area (Å²) >= 11 is 5.92. The molecule has 4 rings (SSSR count). The Balaban J connectivity index is 1.75. The van der Waals surface area contributed by atoms with Crippen molar-refractivity contribution >= 4 is 22.5 Å². The Bertz CT molecular complexity index is 1270. The van der Waals surface area contributed by atoms with Gasteiger partial charge in [0.15, 0.2) is 0 Å². The number of H-pyrrole nitrogens is 1. The monoisotopic (exact) mass is 395 g/mol. The molecule has 0 aliphatic carbocycles. The Labute approximate surface area is 165 Å². The van der Waals surface area contributed by atoms with E-state index in [1.54, 1.807) is 47.9 Å². The van der Waals surface area contributed by atoms with Crippen LogP contribution in [0.4, 0.5) is 0 Å². The van der Waals surface area contributed by atoms with Crippen molar-refractivity contribution in [2.24, 2.45) is 0 Å². The molecule has 0 amide bonds. The lowest BCUT2D eigenvalue weighted by atomic mass is 10.1. The molecule has 2 heterocycles. The van der Waals surface area contributed by atoms with Crippen LogP contribution < -0.4 is 11.1 Å². The molecule has 4 aromatic rings. The fourth-order valence-corrected chi connectivity index (χ4v) is 3.49. The maximum atomic E-state index is 13.0. The third-order valence-electron chi connectivity index (χ3n) is 4.86. The SMILES string of the molecule is Cc1c2c(=O)n(-c3ccc(Cl)cc3)[nH]c2cc(=O)n1CCc1ccc(O)cc1. The second-order valence-electron chi connectivity index (χ2n) is 6.65. The second kappa shape index (κ2) is 7.05. The summed E-state index contributed by atoms with van der Waals surface area (Å²) in [5, 5.41) is 13.5. The fourth-order valence-electron chi connectivity index (χ4n) is 3.36. The summed E-state index contributed by atoms with van der Waals surface area (Å²) < 4.78 is 3.02. The number of phenolic OH excluding ortho intramolecular Hbond substituents is 1. The van der Waals surface area contributed by atoms with E-state index in [2.05, 4.69) is 5.10 Å². The minimum atomic E-state index is -0.215. The van der Waals surface area contributed by atoms with E-state index in [1.165, 1.54) is 10.7 Å². The Morgan fingerprint density at radius 3 is 2.39 bits per heavy atom. The topological polar surface area (TPSA) is 80.0 Å². The van der Waals surface area contributed by atoms with Gasteiger partial charge in [-0.25, -0.2) is 4.68 Å². The molecule has 0 unspecified atom stereocenters. The van der Waals surface area contributed by atoms with Crippen LogP contribution in [-0.2, 0) is 13.0 Å². The summed E-state index contributed by atoms with van der Waals surface area (Å²) in [4.78, 5) is 25.6. The Morgan fingerprint density at radius 1 is 1.04 bits per heavy atom. The molecule has 0 fully saturated rings. The van der Waals surface area contributed by atoms with Gasteiger partial charge >= 0.3 is 0 Å². The van der Waals surface area contributed by atoms with E-state index >= 15 is 0 Å². The maximum absolute atomic E-state index is 13.0. The number of phenols is 1. The van der Waals surface area contributed by atoms with Crippen molar-refractivity contribution in [2.45, 2.75) is 19.9 Å². The van der Waals surface area contributed by atoms with E-state index in [-0.39, 0.29) is 16.9 Å².